The lowest BCUT2D eigenvalue weighted by molar-refractivity contribution is -0.130. The number of aliphatic imine (C=N–C) groups is 1. The lowest BCUT2D eigenvalue weighted by Gasteiger charge is -2.30. The third kappa shape index (κ3) is 5.96. The number of benzene rings is 2. The maximum Gasteiger partial charge on any atom is 0.321 e. The second-order valence-corrected chi connectivity index (χ2v) is 9.46. The van der Waals surface area contributed by atoms with Crippen molar-refractivity contribution in [3.63, 3.8) is 0 Å². The Morgan fingerprint density at radius 2 is 1.79 bits per heavy atom. The number of nitrogens with one attached hydrogen (secondary N) is 3. The minimum Gasteiger partial charge on any atom is -0.395 e. The molecule has 202 valence electrons. The summed E-state index contributed by atoms with van der Waals surface area (Å²) in [5.74, 6) is -0.888. The zero-order valence-electron chi connectivity index (χ0n) is 22.1. The Labute approximate surface area is 227 Å². The number of nitrogens with zero attached hydrogens (tertiary/aromatic N) is 3. The van der Waals surface area contributed by atoms with Gasteiger partial charge in [-0.2, -0.15) is 0 Å². The monoisotopic (exact) mass is 528 g/mol. The number of benzodiazepines with no additional fused rings is 1. The van der Waals surface area contributed by atoms with Gasteiger partial charge in [-0.25, -0.2) is 9.79 Å². The van der Waals surface area contributed by atoms with E-state index in [4.69, 9.17) is 0 Å². The summed E-state index contributed by atoms with van der Waals surface area (Å²) in [5.41, 5.74) is 2.26. The van der Waals surface area contributed by atoms with Crippen molar-refractivity contribution < 1.29 is 19.5 Å². The molecule has 1 aromatic heterocycles. The van der Waals surface area contributed by atoms with Crippen molar-refractivity contribution in [3.8, 4) is 0 Å². The zero-order valence-corrected chi connectivity index (χ0v) is 22.1. The molecule has 1 aliphatic rings. The van der Waals surface area contributed by atoms with E-state index in [2.05, 4.69) is 25.9 Å². The lowest BCUT2D eigenvalue weighted by Crippen LogP contribution is -2.51. The summed E-state index contributed by atoms with van der Waals surface area (Å²) in [6.45, 7) is 2.83. The Morgan fingerprint density at radius 3 is 2.49 bits per heavy atom. The van der Waals surface area contributed by atoms with E-state index in [0.717, 1.165) is 5.69 Å². The minimum absolute atomic E-state index is 0.296. The fraction of sp³-hybridized carbons (Fsp3) is 0.276. The van der Waals surface area contributed by atoms with Crippen molar-refractivity contribution in [3.05, 3.63) is 84.2 Å². The molecule has 0 saturated carbocycles. The second-order valence-electron chi connectivity index (χ2n) is 9.46. The predicted octanol–water partition coefficient (Wildman–Crippen LogP) is 3.43. The van der Waals surface area contributed by atoms with Gasteiger partial charge in [0.05, 0.1) is 35.7 Å². The number of hydrogen-bond acceptors (Lipinski definition) is 7. The molecule has 10 heteroatoms. The Morgan fingerprint density at radius 1 is 1.05 bits per heavy atom. The lowest BCUT2D eigenvalue weighted by atomic mass is 9.83. The Hall–Kier alpha value is -4.57. The number of para-hydroxylation sites is 1. The molecule has 3 amide bonds. The Balaban J connectivity index is 1.74. The summed E-state index contributed by atoms with van der Waals surface area (Å²) in [7, 11) is 1.77. The van der Waals surface area contributed by atoms with Crippen LogP contribution in [0.5, 0.6) is 0 Å². The molecule has 2 aromatic carbocycles. The highest BCUT2D eigenvalue weighted by Crippen LogP contribution is 2.30. The number of rotatable bonds is 9. The molecule has 0 fully saturated rings. The van der Waals surface area contributed by atoms with E-state index < -0.39 is 23.5 Å². The fourth-order valence-electron chi connectivity index (χ4n) is 4.17. The van der Waals surface area contributed by atoms with Gasteiger partial charge < -0.3 is 26.0 Å². The molecular formula is C29H32N6O4. The van der Waals surface area contributed by atoms with Crippen LogP contribution in [0.2, 0.25) is 0 Å². The number of pyridine rings is 1. The largest absolute Gasteiger partial charge is 0.395 e. The third-order valence-electron chi connectivity index (χ3n) is 6.90. The quantitative estimate of drug-likeness (QED) is 0.336. The number of aromatic nitrogens is 1. The van der Waals surface area contributed by atoms with Gasteiger partial charge in [0.1, 0.15) is 0 Å². The average molecular weight is 529 g/mol. The van der Waals surface area contributed by atoms with Gasteiger partial charge in [-0.1, -0.05) is 44.2 Å². The Bertz CT molecular complexity index is 1390. The molecule has 0 saturated heterocycles. The summed E-state index contributed by atoms with van der Waals surface area (Å²) in [6.07, 6.45) is 0.667. The number of amides is 3. The van der Waals surface area contributed by atoms with Crippen LogP contribution in [0, 0.1) is 5.41 Å². The van der Waals surface area contributed by atoms with Crippen molar-refractivity contribution in [1.82, 2.24) is 10.3 Å². The molecule has 0 bridgehead atoms. The Kier molecular flexibility index (Phi) is 8.36. The van der Waals surface area contributed by atoms with Crippen LogP contribution in [-0.4, -0.2) is 59.9 Å². The number of aliphatic hydroxyl groups excluding tert-OH is 1. The van der Waals surface area contributed by atoms with Gasteiger partial charge in [0.25, 0.3) is 5.91 Å². The summed E-state index contributed by atoms with van der Waals surface area (Å²) in [4.78, 5) is 50.7. The van der Waals surface area contributed by atoms with Gasteiger partial charge in [0.15, 0.2) is 5.78 Å². The maximum absolute atomic E-state index is 13.9. The maximum atomic E-state index is 13.9. The van der Waals surface area contributed by atoms with E-state index in [0.29, 0.717) is 34.8 Å². The van der Waals surface area contributed by atoms with E-state index in [-0.39, 0.29) is 18.9 Å². The average Bonchev–Trinajstić information content (AvgIpc) is 3.08. The smallest absolute Gasteiger partial charge is 0.321 e. The number of aliphatic hydroxyl groups is 1. The first-order valence-electron chi connectivity index (χ1n) is 12.7. The molecule has 1 aliphatic heterocycles. The van der Waals surface area contributed by atoms with Crippen LogP contribution in [0.25, 0.3) is 0 Å². The molecule has 3 aromatic rings. The first-order valence-corrected chi connectivity index (χ1v) is 12.7. The van der Waals surface area contributed by atoms with Crippen LogP contribution < -0.4 is 20.9 Å². The number of anilines is 3. The van der Waals surface area contributed by atoms with Gasteiger partial charge in [-0.3, -0.25) is 14.6 Å². The number of hydrogen-bond donors (Lipinski definition) is 4. The van der Waals surface area contributed by atoms with Crippen LogP contribution in [0.3, 0.4) is 0 Å². The second kappa shape index (κ2) is 11.9. The van der Waals surface area contributed by atoms with Gasteiger partial charge in [-0.15, -0.1) is 0 Å². The molecule has 0 unspecified atom stereocenters. The van der Waals surface area contributed by atoms with Crippen LogP contribution in [0.1, 0.15) is 31.5 Å². The summed E-state index contributed by atoms with van der Waals surface area (Å²) in [6, 6.07) is 18.9. The molecule has 2 atom stereocenters. The number of Topliss-reactive ketones (excluding diaryl/α,β-unsaturated/α-hetero) is 1. The van der Waals surface area contributed by atoms with E-state index in [1.807, 2.05) is 13.0 Å². The van der Waals surface area contributed by atoms with Crippen molar-refractivity contribution >= 4 is 40.5 Å². The van der Waals surface area contributed by atoms with Crippen LogP contribution in [0.15, 0.2) is 77.9 Å². The van der Waals surface area contributed by atoms with E-state index in [1.54, 1.807) is 80.8 Å². The van der Waals surface area contributed by atoms with E-state index in [1.165, 1.54) is 4.90 Å². The predicted molar refractivity (Wildman–Crippen MR) is 151 cm³/mol. The third-order valence-corrected chi connectivity index (χ3v) is 6.90. The molecular weight excluding hydrogens is 496 g/mol. The van der Waals surface area contributed by atoms with Crippen molar-refractivity contribution in [2.75, 3.05) is 35.7 Å². The molecule has 4 N–H and O–H groups in total. The van der Waals surface area contributed by atoms with Gasteiger partial charge in [0.2, 0.25) is 6.17 Å². The first-order chi connectivity index (χ1) is 18.8. The normalized spacial score (nSPS) is 16.3. The van der Waals surface area contributed by atoms with E-state index >= 15 is 0 Å². The van der Waals surface area contributed by atoms with Crippen LogP contribution >= 0.6 is 0 Å². The number of carbonyl (C=O) groups is 3. The summed E-state index contributed by atoms with van der Waals surface area (Å²) >= 11 is 0. The van der Waals surface area contributed by atoms with Crippen LogP contribution in [0.4, 0.5) is 21.9 Å². The molecule has 39 heavy (non-hydrogen) atoms. The first kappa shape index (κ1) is 27.5. The minimum atomic E-state index is -1.35. The van der Waals surface area contributed by atoms with Crippen molar-refractivity contribution in [2.24, 2.45) is 10.4 Å². The van der Waals surface area contributed by atoms with Gasteiger partial charge in [0, 0.05) is 30.2 Å². The zero-order chi connectivity index (χ0) is 28.0. The summed E-state index contributed by atoms with van der Waals surface area (Å²) < 4.78 is 0. The molecule has 10 nitrogen and oxygen atoms in total. The molecule has 0 aliphatic carbocycles. The molecule has 0 spiro atoms. The SMILES string of the molecule is CC[C@](C)(CO)C(=O)CN1C(=O)[C@H](NC(=O)Nc2cccc(NC)c2)N=C(c2ccccn2)c2ccccc21. The van der Waals surface area contributed by atoms with E-state index in [9.17, 15) is 19.5 Å². The number of fused-ring (bicyclic) bond motifs is 1. The summed E-state index contributed by atoms with van der Waals surface area (Å²) in [5, 5.41) is 18.3. The molecule has 2 heterocycles. The van der Waals surface area contributed by atoms with Crippen LogP contribution in [-0.2, 0) is 9.59 Å². The van der Waals surface area contributed by atoms with Crippen molar-refractivity contribution in [1.29, 1.82) is 0 Å². The topological polar surface area (TPSA) is 136 Å². The standard InChI is InChI=1S/C29H32N6O4/c1-4-29(2,18-36)24(37)17-35-23-14-6-5-12-21(23)25(22-13-7-8-15-31-22)33-26(27(35)38)34-28(39)32-20-11-9-10-19(16-20)30-3/h5-16,26,30,36H,4,17-18H2,1-3H3,(H2,32,34,39)/t26-,29+/m0/s1. The highest BCUT2D eigenvalue weighted by Gasteiger charge is 2.38. The van der Waals surface area contributed by atoms with Crippen molar-refractivity contribution in [2.45, 2.75) is 26.4 Å². The molecule has 4 rings (SSSR count). The fourth-order valence-corrected chi connectivity index (χ4v) is 4.17. The highest BCUT2D eigenvalue weighted by molar-refractivity contribution is 6.20. The number of ketones is 1. The highest BCUT2D eigenvalue weighted by atomic mass is 16.3. The molecule has 0 radical (unpaired) electrons. The number of urea groups is 1. The van der Waals surface area contributed by atoms with Gasteiger partial charge >= 0.3 is 6.03 Å². The number of carbonyl (C=O) groups excluding carboxylic acids is 3. The van der Waals surface area contributed by atoms with Gasteiger partial charge in [-0.05, 0) is 42.8 Å².